The highest BCUT2D eigenvalue weighted by Crippen LogP contribution is 2.40. The molecular weight excluding hydrogens is 385 g/mol. The molecule has 4 aromatic rings. The van der Waals surface area contributed by atoms with Gasteiger partial charge in [-0.3, -0.25) is 4.79 Å². The van der Waals surface area contributed by atoms with Crippen LogP contribution in [0.15, 0.2) is 75.9 Å². The second-order valence-corrected chi connectivity index (χ2v) is 8.41. The molecule has 1 aliphatic rings. The van der Waals surface area contributed by atoms with Crippen LogP contribution in [0.5, 0.6) is 5.75 Å². The molecule has 0 unspecified atom stereocenters. The lowest BCUT2D eigenvalue weighted by Gasteiger charge is -2.38. The second-order valence-electron chi connectivity index (χ2n) is 8.41. The molecule has 1 aromatic heterocycles. The third-order valence-corrected chi connectivity index (χ3v) is 6.44. The molecule has 2 N–H and O–H groups in total. The molecule has 0 bridgehead atoms. The van der Waals surface area contributed by atoms with Crippen LogP contribution in [0.25, 0.3) is 33.4 Å². The predicted octanol–water partition coefficient (Wildman–Crippen LogP) is 3.73. The smallest absolute Gasteiger partial charge is 0.201 e. The fraction of sp³-hybridized carbons (Fsp3) is 0.192. The van der Waals surface area contributed by atoms with E-state index in [1.165, 1.54) is 0 Å². The van der Waals surface area contributed by atoms with E-state index in [0.29, 0.717) is 28.0 Å². The second kappa shape index (κ2) is 7.43. The SMILES string of the molecule is Bc1cc2oc(-c3ccccc3)c(-c3ccc(C4(N)CCC4)cc3)c(=O)c2cc1OC. The van der Waals surface area contributed by atoms with Crippen LogP contribution in [0.3, 0.4) is 0 Å². The first-order chi connectivity index (χ1) is 15.0. The van der Waals surface area contributed by atoms with Gasteiger partial charge in [0.25, 0.3) is 0 Å². The van der Waals surface area contributed by atoms with Crippen molar-refractivity contribution in [3.8, 4) is 28.2 Å². The van der Waals surface area contributed by atoms with Gasteiger partial charge in [-0.05, 0) is 48.0 Å². The Hall–Kier alpha value is -3.31. The highest BCUT2D eigenvalue weighted by Gasteiger charge is 2.34. The number of hydrogen-bond acceptors (Lipinski definition) is 4. The van der Waals surface area contributed by atoms with E-state index < -0.39 is 0 Å². The van der Waals surface area contributed by atoms with E-state index in [1.807, 2.05) is 68.5 Å². The number of nitrogens with two attached hydrogens (primary N) is 1. The minimum Gasteiger partial charge on any atom is -0.497 e. The topological polar surface area (TPSA) is 65.5 Å². The van der Waals surface area contributed by atoms with Gasteiger partial charge in [-0.15, -0.1) is 0 Å². The molecule has 5 rings (SSSR count). The van der Waals surface area contributed by atoms with Crippen molar-refractivity contribution < 1.29 is 9.15 Å². The summed E-state index contributed by atoms with van der Waals surface area (Å²) in [4.78, 5) is 13.7. The van der Waals surface area contributed by atoms with Crippen molar-refractivity contribution in [3.05, 3.63) is 82.5 Å². The van der Waals surface area contributed by atoms with Gasteiger partial charge in [-0.1, -0.05) is 54.6 Å². The number of rotatable bonds is 4. The summed E-state index contributed by atoms with van der Waals surface area (Å²) in [6.45, 7) is 0. The van der Waals surface area contributed by atoms with E-state index in [9.17, 15) is 4.79 Å². The van der Waals surface area contributed by atoms with Crippen LogP contribution < -0.4 is 21.4 Å². The Balaban J connectivity index is 1.76. The Morgan fingerprint density at radius 1 is 1.00 bits per heavy atom. The molecule has 154 valence electrons. The molecule has 0 radical (unpaired) electrons. The van der Waals surface area contributed by atoms with E-state index in [4.69, 9.17) is 14.9 Å². The number of hydrogen-bond donors (Lipinski definition) is 1. The van der Waals surface area contributed by atoms with Crippen molar-refractivity contribution in [2.24, 2.45) is 5.73 Å². The largest absolute Gasteiger partial charge is 0.497 e. The molecule has 31 heavy (non-hydrogen) atoms. The summed E-state index contributed by atoms with van der Waals surface area (Å²) in [6.07, 6.45) is 3.16. The van der Waals surface area contributed by atoms with E-state index in [1.54, 1.807) is 13.2 Å². The summed E-state index contributed by atoms with van der Waals surface area (Å²) in [7, 11) is 3.55. The average Bonchev–Trinajstić information content (AvgIpc) is 2.78. The Bertz CT molecular complexity index is 1320. The van der Waals surface area contributed by atoms with Crippen LogP contribution in [0, 0.1) is 0 Å². The minimum atomic E-state index is -0.236. The molecule has 1 aliphatic carbocycles. The maximum Gasteiger partial charge on any atom is 0.201 e. The Labute approximate surface area is 182 Å². The van der Waals surface area contributed by atoms with Crippen LogP contribution in [0.2, 0.25) is 0 Å². The van der Waals surface area contributed by atoms with Crippen LogP contribution >= 0.6 is 0 Å². The summed E-state index contributed by atoms with van der Waals surface area (Å²) in [6, 6.07) is 21.5. The van der Waals surface area contributed by atoms with Gasteiger partial charge in [0.05, 0.1) is 18.1 Å². The first kappa shape index (κ1) is 19.6. The molecule has 0 atom stereocenters. The van der Waals surface area contributed by atoms with Gasteiger partial charge >= 0.3 is 0 Å². The lowest BCUT2D eigenvalue weighted by Crippen LogP contribution is -2.43. The van der Waals surface area contributed by atoms with Crippen molar-refractivity contribution in [1.29, 1.82) is 0 Å². The van der Waals surface area contributed by atoms with Crippen molar-refractivity contribution in [3.63, 3.8) is 0 Å². The zero-order valence-electron chi connectivity index (χ0n) is 17.8. The number of ether oxygens (including phenoxy) is 1. The van der Waals surface area contributed by atoms with Crippen molar-refractivity contribution in [2.45, 2.75) is 24.8 Å². The number of fused-ring (bicyclic) bond motifs is 1. The molecule has 1 fully saturated rings. The Morgan fingerprint density at radius 3 is 2.32 bits per heavy atom. The van der Waals surface area contributed by atoms with Crippen molar-refractivity contribution >= 4 is 24.3 Å². The average molecular weight is 409 g/mol. The van der Waals surface area contributed by atoms with E-state index >= 15 is 0 Å². The van der Waals surface area contributed by atoms with Gasteiger partial charge in [0.2, 0.25) is 5.43 Å². The molecule has 0 saturated heterocycles. The summed E-state index contributed by atoms with van der Waals surface area (Å²) in [5.41, 5.74) is 11.0. The van der Waals surface area contributed by atoms with Gasteiger partial charge in [-0.2, -0.15) is 0 Å². The van der Waals surface area contributed by atoms with E-state index in [-0.39, 0.29) is 11.0 Å². The van der Waals surface area contributed by atoms with Gasteiger partial charge in [0.1, 0.15) is 24.9 Å². The Kier molecular flexibility index (Phi) is 4.71. The lowest BCUT2D eigenvalue weighted by atomic mass is 9.72. The summed E-state index contributed by atoms with van der Waals surface area (Å²) < 4.78 is 11.8. The zero-order chi connectivity index (χ0) is 21.6. The monoisotopic (exact) mass is 409 g/mol. The molecule has 0 amide bonds. The standard InChI is InChI=1S/C26H24BNO3/c1-30-22-14-19-21(15-20(22)27)31-25(17-6-3-2-4-7-17)23(24(19)29)16-8-10-18(11-9-16)26(28)12-5-13-26/h2-4,6-11,14-15H,5,12-13,27-28H2,1H3. The Morgan fingerprint density at radius 2 is 1.71 bits per heavy atom. The van der Waals surface area contributed by atoms with Gasteiger partial charge in [0.15, 0.2) is 0 Å². The highest BCUT2D eigenvalue weighted by molar-refractivity contribution is 6.35. The molecule has 1 saturated carbocycles. The van der Waals surface area contributed by atoms with Crippen LogP contribution in [-0.2, 0) is 5.54 Å². The molecule has 4 nitrogen and oxygen atoms in total. The van der Waals surface area contributed by atoms with Gasteiger partial charge < -0.3 is 14.9 Å². The maximum atomic E-state index is 13.7. The molecule has 0 aliphatic heterocycles. The third kappa shape index (κ3) is 3.26. The fourth-order valence-electron chi connectivity index (χ4n) is 4.41. The first-order valence-electron chi connectivity index (χ1n) is 10.6. The normalized spacial score (nSPS) is 14.9. The number of methoxy groups -OCH3 is 1. The van der Waals surface area contributed by atoms with Crippen molar-refractivity contribution in [1.82, 2.24) is 0 Å². The third-order valence-electron chi connectivity index (χ3n) is 6.44. The van der Waals surface area contributed by atoms with E-state index in [0.717, 1.165) is 41.4 Å². The molecule has 5 heteroatoms. The maximum absolute atomic E-state index is 13.7. The summed E-state index contributed by atoms with van der Waals surface area (Å²) in [5.74, 6) is 1.24. The minimum absolute atomic E-state index is 0.0720. The van der Waals surface area contributed by atoms with Crippen molar-refractivity contribution in [2.75, 3.05) is 7.11 Å². The van der Waals surface area contributed by atoms with Gasteiger partial charge in [0, 0.05) is 11.1 Å². The fourth-order valence-corrected chi connectivity index (χ4v) is 4.41. The molecule has 0 spiro atoms. The summed E-state index contributed by atoms with van der Waals surface area (Å²) >= 11 is 0. The van der Waals surface area contributed by atoms with Crippen LogP contribution in [0.4, 0.5) is 0 Å². The lowest BCUT2D eigenvalue weighted by molar-refractivity contribution is 0.253. The van der Waals surface area contributed by atoms with Crippen LogP contribution in [-0.4, -0.2) is 15.0 Å². The highest BCUT2D eigenvalue weighted by atomic mass is 16.5. The van der Waals surface area contributed by atoms with Gasteiger partial charge in [-0.25, -0.2) is 0 Å². The quantitative estimate of drug-likeness (QED) is 0.522. The molecular formula is C26H24BNO3. The number of benzene rings is 3. The molecule has 3 aromatic carbocycles. The first-order valence-corrected chi connectivity index (χ1v) is 10.6. The zero-order valence-corrected chi connectivity index (χ0v) is 17.8. The molecule has 1 heterocycles. The van der Waals surface area contributed by atoms with Crippen LogP contribution in [0.1, 0.15) is 24.8 Å². The predicted molar refractivity (Wildman–Crippen MR) is 128 cm³/mol. The van der Waals surface area contributed by atoms with E-state index in [2.05, 4.69) is 0 Å². The summed E-state index contributed by atoms with van der Waals surface area (Å²) in [5, 5.41) is 0.510.